The highest BCUT2D eigenvalue weighted by atomic mass is 79.9. The van der Waals surface area contributed by atoms with E-state index in [-0.39, 0.29) is 5.97 Å². The van der Waals surface area contributed by atoms with Gasteiger partial charge in [0.2, 0.25) is 0 Å². The Labute approximate surface area is 106 Å². The van der Waals surface area contributed by atoms with Gasteiger partial charge in [-0.1, -0.05) is 39.7 Å². The van der Waals surface area contributed by atoms with E-state index >= 15 is 0 Å². The molecule has 0 saturated heterocycles. The van der Waals surface area contributed by atoms with E-state index in [2.05, 4.69) is 38.9 Å². The highest BCUT2D eigenvalue weighted by Crippen LogP contribution is 2.29. The van der Waals surface area contributed by atoms with Gasteiger partial charge in [-0.15, -0.1) is 0 Å². The number of ether oxygens (including phenoxy) is 1. The average Bonchev–Trinajstić information content (AvgIpc) is 2.75. The number of allylic oxidation sites excluding steroid dienone is 4. The fourth-order valence-corrected chi connectivity index (χ4v) is 2.63. The zero-order chi connectivity index (χ0) is 11.8. The van der Waals surface area contributed by atoms with Crippen molar-refractivity contribution in [3.8, 4) is 0 Å². The quantitative estimate of drug-likeness (QED) is 0.424. The maximum Gasteiger partial charge on any atom is 0.305 e. The molecule has 1 rings (SSSR count). The molecule has 0 spiro atoms. The van der Waals surface area contributed by atoms with Crippen LogP contribution in [-0.4, -0.2) is 18.4 Å². The summed E-state index contributed by atoms with van der Waals surface area (Å²) in [5, 5.41) is 1.06. The lowest BCUT2D eigenvalue weighted by atomic mass is 10.0. The highest BCUT2D eigenvalue weighted by molar-refractivity contribution is 9.09. The van der Waals surface area contributed by atoms with Gasteiger partial charge in [0, 0.05) is 11.8 Å². The molecule has 1 aliphatic rings. The molecule has 3 heteroatoms. The first-order chi connectivity index (χ1) is 7.77. The van der Waals surface area contributed by atoms with Gasteiger partial charge < -0.3 is 4.74 Å². The Bertz CT molecular complexity index is 282. The van der Waals surface area contributed by atoms with Crippen LogP contribution in [0, 0.1) is 5.92 Å². The maximum atomic E-state index is 10.9. The minimum absolute atomic E-state index is 0.136. The Morgan fingerprint density at radius 2 is 2.44 bits per heavy atom. The molecule has 0 radical (unpaired) electrons. The van der Waals surface area contributed by atoms with E-state index < -0.39 is 0 Å². The largest absolute Gasteiger partial charge is 0.469 e. The molecule has 16 heavy (non-hydrogen) atoms. The topological polar surface area (TPSA) is 26.3 Å². The average molecular weight is 287 g/mol. The Kier molecular flexibility index (Phi) is 6.46. The van der Waals surface area contributed by atoms with Crippen LogP contribution in [0.25, 0.3) is 0 Å². The standard InChI is InChI=1S/C13H19BrO2/c1-16-13(15)9-4-2-3-6-11-7-5-8-12(11)10-14/h2-3,7,12H,4-6,8-10H2,1H3/b3-2-/t12-/m1/s1. The highest BCUT2D eigenvalue weighted by Gasteiger charge is 2.16. The number of rotatable bonds is 6. The van der Waals surface area contributed by atoms with Crippen LogP contribution >= 0.6 is 15.9 Å². The minimum atomic E-state index is -0.136. The van der Waals surface area contributed by atoms with Gasteiger partial charge >= 0.3 is 5.97 Å². The van der Waals surface area contributed by atoms with Crippen molar-refractivity contribution in [1.82, 2.24) is 0 Å². The second-order valence-electron chi connectivity index (χ2n) is 4.00. The Balaban J connectivity index is 2.19. The summed E-state index contributed by atoms with van der Waals surface area (Å²) >= 11 is 3.54. The number of esters is 1. The van der Waals surface area contributed by atoms with Gasteiger partial charge in [0.25, 0.3) is 0 Å². The Morgan fingerprint density at radius 1 is 1.62 bits per heavy atom. The first-order valence-corrected chi connectivity index (χ1v) is 6.86. The molecule has 0 aromatic heterocycles. The molecule has 0 unspecified atom stereocenters. The molecule has 2 nitrogen and oxygen atoms in total. The lowest BCUT2D eigenvalue weighted by Crippen LogP contribution is -1.99. The van der Waals surface area contributed by atoms with Crippen molar-refractivity contribution < 1.29 is 9.53 Å². The van der Waals surface area contributed by atoms with Crippen molar-refractivity contribution in [1.29, 1.82) is 0 Å². The molecular formula is C13H19BrO2. The number of alkyl halides is 1. The molecule has 0 aromatic carbocycles. The van der Waals surface area contributed by atoms with E-state index in [4.69, 9.17) is 0 Å². The fraction of sp³-hybridized carbons (Fsp3) is 0.615. The number of methoxy groups -OCH3 is 1. The van der Waals surface area contributed by atoms with Crippen molar-refractivity contribution in [2.24, 2.45) is 5.92 Å². The van der Waals surface area contributed by atoms with Crippen LogP contribution < -0.4 is 0 Å². The number of hydrogen-bond acceptors (Lipinski definition) is 2. The normalized spacial score (nSPS) is 20.1. The van der Waals surface area contributed by atoms with Crippen molar-refractivity contribution in [3.05, 3.63) is 23.8 Å². The monoisotopic (exact) mass is 286 g/mol. The summed E-state index contributed by atoms with van der Waals surface area (Å²) in [7, 11) is 1.43. The van der Waals surface area contributed by atoms with Crippen LogP contribution in [0.4, 0.5) is 0 Å². The molecule has 0 bridgehead atoms. The van der Waals surface area contributed by atoms with Gasteiger partial charge in [0.05, 0.1) is 7.11 Å². The van der Waals surface area contributed by atoms with Crippen LogP contribution in [0.15, 0.2) is 23.8 Å². The molecule has 0 amide bonds. The summed E-state index contributed by atoms with van der Waals surface area (Å²) in [6.07, 6.45) is 11.3. The van der Waals surface area contributed by atoms with E-state index in [1.54, 1.807) is 0 Å². The third kappa shape index (κ3) is 4.52. The summed E-state index contributed by atoms with van der Waals surface area (Å²) < 4.78 is 4.57. The fourth-order valence-electron chi connectivity index (χ4n) is 1.89. The smallest absolute Gasteiger partial charge is 0.305 e. The number of halogens is 1. The van der Waals surface area contributed by atoms with Crippen molar-refractivity contribution in [3.63, 3.8) is 0 Å². The number of carbonyl (C=O) groups is 1. The van der Waals surface area contributed by atoms with Crippen LogP contribution in [0.1, 0.15) is 32.1 Å². The molecular weight excluding hydrogens is 268 g/mol. The SMILES string of the molecule is COC(=O)CC/C=C\CC1=CCC[C@@H]1CBr. The van der Waals surface area contributed by atoms with Gasteiger partial charge in [-0.2, -0.15) is 0 Å². The van der Waals surface area contributed by atoms with E-state index in [0.29, 0.717) is 12.3 Å². The molecule has 1 aliphatic carbocycles. The van der Waals surface area contributed by atoms with Crippen LogP contribution in [0.3, 0.4) is 0 Å². The molecule has 1 atom stereocenters. The van der Waals surface area contributed by atoms with Crippen molar-refractivity contribution >= 4 is 21.9 Å². The molecule has 0 aliphatic heterocycles. The lowest BCUT2D eigenvalue weighted by Gasteiger charge is -2.08. The molecule has 0 aromatic rings. The second kappa shape index (κ2) is 7.66. The van der Waals surface area contributed by atoms with Crippen LogP contribution in [-0.2, 0) is 9.53 Å². The van der Waals surface area contributed by atoms with Crippen molar-refractivity contribution in [2.45, 2.75) is 32.1 Å². The summed E-state index contributed by atoms with van der Waals surface area (Å²) in [6.45, 7) is 0. The number of hydrogen-bond donors (Lipinski definition) is 0. The lowest BCUT2D eigenvalue weighted by molar-refractivity contribution is -0.140. The third-order valence-corrected chi connectivity index (χ3v) is 3.68. The van der Waals surface area contributed by atoms with Crippen LogP contribution in [0.5, 0.6) is 0 Å². The summed E-state index contributed by atoms with van der Waals surface area (Å²) in [5.74, 6) is 0.577. The van der Waals surface area contributed by atoms with Gasteiger partial charge in [-0.25, -0.2) is 0 Å². The van der Waals surface area contributed by atoms with Gasteiger partial charge in [-0.3, -0.25) is 4.79 Å². The molecule has 0 saturated carbocycles. The summed E-state index contributed by atoms with van der Waals surface area (Å²) in [5.41, 5.74) is 1.53. The zero-order valence-electron chi connectivity index (χ0n) is 9.75. The van der Waals surface area contributed by atoms with Gasteiger partial charge in [-0.05, 0) is 31.6 Å². The molecule has 0 fully saturated rings. The first-order valence-electron chi connectivity index (χ1n) is 5.74. The number of carbonyl (C=O) groups excluding carboxylic acids is 1. The maximum absolute atomic E-state index is 10.9. The predicted octanol–water partition coefficient (Wildman–Crippen LogP) is 3.62. The first kappa shape index (κ1) is 13.5. The van der Waals surface area contributed by atoms with Gasteiger partial charge in [0.15, 0.2) is 0 Å². The third-order valence-electron chi connectivity index (χ3n) is 2.90. The van der Waals surface area contributed by atoms with Gasteiger partial charge in [0.1, 0.15) is 0 Å². The zero-order valence-corrected chi connectivity index (χ0v) is 11.3. The molecule has 0 N–H and O–H groups in total. The summed E-state index contributed by atoms with van der Waals surface area (Å²) in [6, 6.07) is 0. The molecule has 0 heterocycles. The minimum Gasteiger partial charge on any atom is -0.469 e. The second-order valence-corrected chi connectivity index (χ2v) is 4.65. The summed E-state index contributed by atoms with van der Waals surface area (Å²) in [4.78, 5) is 10.9. The molecule has 90 valence electrons. The van der Waals surface area contributed by atoms with Crippen LogP contribution in [0.2, 0.25) is 0 Å². The van der Waals surface area contributed by atoms with E-state index in [1.165, 1.54) is 25.5 Å². The Hall–Kier alpha value is -0.570. The van der Waals surface area contributed by atoms with E-state index in [0.717, 1.165) is 18.2 Å². The van der Waals surface area contributed by atoms with E-state index in [9.17, 15) is 4.79 Å². The Morgan fingerprint density at radius 3 is 3.12 bits per heavy atom. The van der Waals surface area contributed by atoms with E-state index in [1.807, 2.05) is 0 Å². The van der Waals surface area contributed by atoms with Crippen molar-refractivity contribution in [2.75, 3.05) is 12.4 Å². The predicted molar refractivity (Wildman–Crippen MR) is 69.6 cm³/mol.